The van der Waals surface area contributed by atoms with Crippen molar-refractivity contribution in [2.24, 2.45) is 0 Å². The molecule has 0 unspecified atom stereocenters. The zero-order chi connectivity index (χ0) is 9.35. The highest BCUT2D eigenvalue weighted by atomic mass is 28.5. The first-order valence-electron chi connectivity index (χ1n) is 3.62. The van der Waals surface area contributed by atoms with E-state index in [0.29, 0.717) is 12.2 Å². The maximum absolute atomic E-state index is 12.1. The first kappa shape index (κ1) is 9.59. The standard InChI is InChI=1S/C6H11F3N2Si/c1-6-3-4-10(2)11(6)5-12(7,8)9/h3H,4-5H2,1-2H3. The molecule has 0 aromatic carbocycles. The Morgan fingerprint density at radius 3 is 2.42 bits per heavy atom. The fourth-order valence-corrected chi connectivity index (χ4v) is 1.98. The van der Waals surface area contributed by atoms with Crippen molar-refractivity contribution in [1.82, 2.24) is 10.0 Å². The monoisotopic (exact) mass is 196 g/mol. The van der Waals surface area contributed by atoms with Crippen molar-refractivity contribution >= 4 is 9.08 Å². The van der Waals surface area contributed by atoms with E-state index in [0.717, 1.165) is 0 Å². The van der Waals surface area contributed by atoms with Crippen LogP contribution in [0.25, 0.3) is 0 Å². The van der Waals surface area contributed by atoms with Gasteiger partial charge in [-0.05, 0) is 13.0 Å². The number of hydrogen-bond acceptors (Lipinski definition) is 2. The number of nitrogens with zero attached hydrogens (tertiary/aromatic N) is 2. The molecular formula is C6H11F3N2Si. The van der Waals surface area contributed by atoms with Crippen LogP contribution in [0.5, 0.6) is 0 Å². The number of likely N-dealkylation sites (N-methyl/N-ethyl adjacent to an activating group) is 1. The third-order valence-corrected chi connectivity index (χ3v) is 2.46. The Morgan fingerprint density at radius 1 is 1.50 bits per heavy atom. The van der Waals surface area contributed by atoms with Gasteiger partial charge in [-0.25, -0.2) is 17.3 Å². The summed E-state index contributed by atoms with van der Waals surface area (Å²) in [5, 5.41) is 2.86. The third-order valence-electron chi connectivity index (χ3n) is 1.80. The summed E-state index contributed by atoms with van der Waals surface area (Å²) < 4.78 is 36.3. The van der Waals surface area contributed by atoms with E-state index in [1.165, 1.54) is 5.01 Å². The van der Waals surface area contributed by atoms with Gasteiger partial charge in [-0.2, -0.15) is 0 Å². The minimum absolute atomic E-state index is 0.580. The Bertz CT molecular complexity index is 201. The molecule has 1 heterocycles. The van der Waals surface area contributed by atoms with Crippen molar-refractivity contribution in [3.05, 3.63) is 11.8 Å². The van der Waals surface area contributed by atoms with Crippen LogP contribution in [0.3, 0.4) is 0 Å². The maximum atomic E-state index is 12.1. The van der Waals surface area contributed by atoms with E-state index in [1.807, 2.05) is 0 Å². The molecule has 0 bridgehead atoms. The van der Waals surface area contributed by atoms with Crippen molar-refractivity contribution in [2.75, 3.05) is 19.8 Å². The molecule has 0 fully saturated rings. The predicted molar refractivity (Wildman–Crippen MR) is 42.2 cm³/mol. The Labute approximate surface area is 70.8 Å². The lowest BCUT2D eigenvalue weighted by Crippen LogP contribution is -2.43. The van der Waals surface area contributed by atoms with Gasteiger partial charge in [0.25, 0.3) is 0 Å². The van der Waals surface area contributed by atoms with Crippen LogP contribution in [-0.4, -0.2) is 38.9 Å². The molecular weight excluding hydrogens is 185 g/mol. The second-order valence-corrected chi connectivity index (χ2v) is 4.41. The first-order chi connectivity index (χ1) is 5.40. The first-order valence-corrected chi connectivity index (χ1v) is 5.46. The topological polar surface area (TPSA) is 6.48 Å². The summed E-state index contributed by atoms with van der Waals surface area (Å²) in [6.07, 6.45) is 1.03. The Kier molecular flexibility index (Phi) is 2.48. The molecule has 0 aromatic heterocycles. The minimum Gasteiger partial charge on any atom is -0.305 e. The average Bonchev–Trinajstić information content (AvgIpc) is 2.16. The number of halogens is 3. The van der Waals surface area contributed by atoms with E-state index >= 15 is 0 Å². The summed E-state index contributed by atoms with van der Waals surface area (Å²) in [5.41, 5.74) is 0.697. The maximum Gasteiger partial charge on any atom is 0.638 e. The van der Waals surface area contributed by atoms with Gasteiger partial charge in [-0.1, -0.05) is 0 Å². The summed E-state index contributed by atoms with van der Waals surface area (Å²) in [6.45, 7) is 2.28. The van der Waals surface area contributed by atoms with E-state index in [2.05, 4.69) is 0 Å². The smallest absolute Gasteiger partial charge is 0.305 e. The Hall–Kier alpha value is -0.493. The average molecular weight is 196 g/mol. The predicted octanol–water partition coefficient (Wildman–Crippen LogP) is 1.44. The van der Waals surface area contributed by atoms with E-state index < -0.39 is 15.2 Å². The molecule has 0 saturated carbocycles. The van der Waals surface area contributed by atoms with Gasteiger partial charge in [0.2, 0.25) is 0 Å². The quantitative estimate of drug-likeness (QED) is 0.487. The minimum atomic E-state index is -5.46. The molecule has 0 spiro atoms. The van der Waals surface area contributed by atoms with Crippen LogP contribution in [0, 0.1) is 0 Å². The number of hydrogen-bond donors (Lipinski definition) is 0. The summed E-state index contributed by atoms with van der Waals surface area (Å²) in [5.74, 6) is 0. The van der Waals surface area contributed by atoms with Crippen LogP contribution in [0.15, 0.2) is 11.8 Å². The second kappa shape index (κ2) is 3.10. The SMILES string of the molecule is CC1=CCN(C)N1C[Si](F)(F)F. The lowest BCUT2D eigenvalue weighted by atomic mass is 10.5. The molecule has 0 atom stereocenters. The lowest BCUT2D eigenvalue weighted by molar-refractivity contribution is 0.0806. The molecule has 2 nitrogen and oxygen atoms in total. The number of rotatable bonds is 2. The highest BCUT2D eigenvalue weighted by molar-refractivity contribution is 6.58. The van der Waals surface area contributed by atoms with Gasteiger partial charge < -0.3 is 5.01 Å². The fourth-order valence-electron chi connectivity index (χ4n) is 1.15. The van der Waals surface area contributed by atoms with Gasteiger partial charge in [-0.3, -0.25) is 0 Å². The molecule has 1 aliphatic heterocycles. The Balaban J connectivity index is 2.57. The highest BCUT2D eigenvalue weighted by Gasteiger charge is 2.41. The molecule has 0 radical (unpaired) electrons. The summed E-state index contributed by atoms with van der Waals surface area (Å²) in [4.78, 5) is 0. The normalized spacial score (nSPS) is 20.1. The lowest BCUT2D eigenvalue weighted by Gasteiger charge is -2.28. The molecule has 0 amide bonds. The molecule has 6 heteroatoms. The molecule has 1 rings (SSSR count). The van der Waals surface area contributed by atoms with Crippen LogP contribution in [-0.2, 0) is 0 Å². The van der Waals surface area contributed by atoms with E-state index in [1.54, 1.807) is 25.1 Å². The van der Waals surface area contributed by atoms with Crippen molar-refractivity contribution in [3.63, 3.8) is 0 Å². The second-order valence-electron chi connectivity index (χ2n) is 2.86. The summed E-state index contributed by atoms with van der Waals surface area (Å²) >= 11 is 0. The number of hydrazine groups is 1. The molecule has 0 aromatic rings. The van der Waals surface area contributed by atoms with Gasteiger partial charge in [-0.15, -0.1) is 0 Å². The third kappa shape index (κ3) is 2.24. The highest BCUT2D eigenvalue weighted by Crippen LogP contribution is 2.19. The molecule has 1 aliphatic rings. The van der Waals surface area contributed by atoms with E-state index in [4.69, 9.17) is 0 Å². The van der Waals surface area contributed by atoms with Gasteiger partial charge in [0.05, 0.1) is 0 Å². The van der Waals surface area contributed by atoms with E-state index in [9.17, 15) is 12.3 Å². The van der Waals surface area contributed by atoms with Crippen molar-refractivity contribution in [1.29, 1.82) is 0 Å². The van der Waals surface area contributed by atoms with Crippen LogP contribution in [0.2, 0.25) is 0 Å². The summed E-state index contributed by atoms with van der Waals surface area (Å²) in [6, 6.07) is 0. The van der Waals surface area contributed by atoms with Gasteiger partial charge in [0.1, 0.15) is 6.17 Å². The number of allylic oxidation sites excluding steroid dienone is 1. The molecule has 0 saturated heterocycles. The van der Waals surface area contributed by atoms with Gasteiger partial charge in [0.15, 0.2) is 0 Å². The molecule has 12 heavy (non-hydrogen) atoms. The Morgan fingerprint density at radius 2 is 2.08 bits per heavy atom. The van der Waals surface area contributed by atoms with Crippen LogP contribution in [0.4, 0.5) is 12.3 Å². The molecule has 70 valence electrons. The van der Waals surface area contributed by atoms with Crippen molar-refractivity contribution < 1.29 is 12.3 Å². The fraction of sp³-hybridized carbons (Fsp3) is 0.667. The van der Waals surface area contributed by atoms with Gasteiger partial charge in [0, 0.05) is 19.3 Å². The largest absolute Gasteiger partial charge is 0.638 e. The van der Waals surface area contributed by atoms with Crippen LogP contribution in [0.1, 0.15) is 6.92 Å². The summed E-state index contributed by atoms with van der Waals surface area (Å²) in [7, 11) is -3.80. The van der Waals surface area contributed by atoms with Crippen LogP contribution >= 0.6 is 0 Å². The molecule has 0 N–H and O–H groups in total. The van der Waals surface area contributed by atoms with Crippen LogP contribution < -0.4 is 0 Å². The van der Waals surface area contributed by atoms with Crippen molar-refractivity contribution in [2.45, 2.75) is 6.92 Å². The zero-order valence-corrected chi connectivity index (χ0v) is 8.02. The molecule has 0 aliphatic carbocycles. The zero-order valence-electron chi connectivity index (χ0n) is 7.02. The van der Waals surface area contributed by atoms with Gasteiger partial charge >= 0.3 is 9.08 Å². The van der Waals surface area contributed by atoms with Crippen molar-refractivity contribution in [3.8, 4) is 0 Å². The van der Waals surface area contributed by atoms with E-state index in [-0.39, 0.29) is 0 Å².